The third kappa shape index (κ3) is 3.61. The first-order chi connectivity index (χ1) is 9.10. The summed E-state index contributed by atoms with van der Waals surface area (Å²) in [5, 5.41) is 0. The Balaban J connectivity index is 1.92. The minimum Gasteiger partial charge on any atom is -0.495 e. The number of nitrogen functional groups attached to an aromatic ring is 1. The molecule has 1 saturated heterocycles. The van der Waals surface area contributed by atoms with E-state index >= 15 is 0 Å². The van der Waals surface area contributed by atoms with Gasteiger partial charge in [-0.25, -0.2) is 0 Å². The van der Waals surface area contributed by atoms with Gasteiger partial charge in [0.2, 0.25) is 0 Å². The van der Waals surface area contributed by atoms with E-state index in [1.165, 1.54) is 18.4 Å². The van der Waals surface area contributed by atoms with Gasteiger partial charge in [-0.1, -0.05) is 6.07 Å². The number of benzene rings is 1. The maximum atomic E-state index is 5.84. The van der Waals surface area contributed by atoms with Crippen LogP contribution >= 0.6 is 0 Å². The lowest BCUT2D eigenvalue weighted by atomic mass is 10.0. The largest absolute Gasteiger partial charge is 0.495 e. The molecule has 0 amide bonds. The predicted octanol–water partition coefficient (Wildman–Crippen LogP) is 1.80. The number of rotatable bonds is 4. The number of ether oxygens (including phenoxy) is 1. The molecule has 1 aliphatic heterocycles. The van der Waals surface area contributed by atoms with Crippen molar-refractivity contribution in [3.63, 3.8) is 0 Å². The van der Waals surface area contributed by atoms with E-state index in [1.54, 1.807) is 7.11 Å². The van der Waals surface area contributed by atoms with Gasteiger partial charge in [0.05, 0.1) is 12.8 Å². The standard InChI is InChI=1S/C15H25N3O/c1-17(2)13-6-8-18(9-7-13)11-12-4-5-14(16)15(10-12)19-3/h4-5,10,13H,6-9,11,16H2,1-3H3. The molecular formula is C15H25N3O. The Morgan fingerprint density at radius 1 is 1.32 bits per heavy atom. The van der Waals surface area contributed by atoms with Crippen LogP contribution in [0.2, 0.25) is 0 Å². The lowest BCUT2D eigenvalue weighted by molar-refractivity contribution is 0.140. The summed E-state index contributed by atoms with van der Waals surface area (Å²) in [6.45, 7) is 3.31. The maximum Gasteiger partial charge on any atom is 0.142 e. The van der Waals surface area contributed by atoms with E-state index in [0.717, 1.165) is 31.4 Å². The smallest absolute Gasteiger partial charge is 0.142 e. The number of hydrogen-bond acceptors (Lipinski definition) is 4. The minimum absolute atomic E-state index is 0.706. The number of nitrogens with zero attached hydrogens (tertiary/aromatic N) is 2. The van der Waals surface area contributed by atoms with E-state index in [2.05, 4.69) is 30.0 Å². The second-order valence-corrected chi connectivity index (χ2v) is 5.55. The summed E-state index contributed by atoms with van der Waals surface area (Å²) in [5.41, 5.74) is 7.82. The molecule has 1 heterocycles. The second kappa shape index (κ2) is 6.26. The average Bonchev–Trinajstić information content (AvgIpc) is 2.41. The molecular weight excluding hydrogens is 238 g/mol. The van der Waals surface area contributed by atoms with Crippen LogP contribution < -0.4 is 10.5 Å². The predicted molar refractivity (Wildman–Crippen MR) is 79.4 cm³/mol. The van der Waals surface area contributed by atoms with Crippen molar-refractivity contribution in [2.75, 3.05) is 40.0 Å². The van der Waals surface area contributed by atoms with Gasteiger partial charge in [-0.2, -0.15) is 0 Å². The van der Waals surface area contributed by atoms with Gasteiger partial charge in [0.15, 0.2) is 0 Å². The van der Waals surface area contributed by atoms with E-state index in [-0.39, 0.29) is 0 Å². The minimum atomic E-state index is 0.706. The number of methoxy groups -OCH3 is 1. The molecule has 2 N–H and O–H groups in total. The first-order valence-electron chi connectivity index (χ1n) is 6.91. The first kappa shape index (κ1) is 14.2. The Kier molecular flexibility index (Phi) is 4.66. The number of piperidine rings is 1. The fraction of sp³-hybridized carbons (Fsp3) is 0.600. The van der Waals surface area contributed by atoms with Gasteiger partial charge < -0.3 is 15.4 Å². The quantitative estimate of drug-likeness (QED) is 0.841. The summed E-state index contributed by atoms with van der Waals surface area (Å²) in [6.07, 6.45) is 2.50. The van der Waals surface area contributed by atoms with Crippen LogP contribution in [0.5, 0.6) is 5.75 Å². The molecule has 1 aromatic rings. The summed E-state index contributed by atoms with van der Waals surface area (Å²) in [5.74, 6) is 0.778. The van der Waals surface area contributed by atoms with Crippen LogP contribution in [-0.4, -0.2) is 50.1 Å². The highest BCUT2D eigenvalue weighted by atomic mass is 16.5. The Morgan fingerprint density at radius 2 is 2.00 bits per heavy atom. The number of hydrogen-bond donors (Lipinski definition) is 1. The molecule has 106 valence electrons. The van der Waals surface area contributed by atoms with Crippen LogP contribution in [0.15, 0.2) is 18.2 Å². The van der Waals surface area contributed by atoms with Crippen molar-refractivity contribution in [3.8, 4) is 5.75 Å². The van der Waals surface area contributed by atoms with E-state index in [4.69, 9.17) is 10.5 Å². The van der Waals surface area contributed by atoms with Crippen LogP contribution in [0.4, 0.5) is 5.69 Å². The number of nitrogens with two attached hydrogens (primary N) is 1. The SMILES string of the molecule is COc1cc(CN2CCC(N(C)C)CC2)ccc1N. The zero-order chi connectivity index (χ0) is 13.8. The van der Waals surface area contributed by atoms with Gasteiger partial charge in [0.25, 0.3) is 0 Å². The molecule has 2 rings (SSSR count). The zero-order valence-electron chi connectivity index (χ0n) is 12.2. The molecule has 4 heteroatoms. The van der Waals surface area contributed by atoms with Crippen molar-refractivity contribution >= 4 is 5.69 Å². The van der Waals surface area contributed by atoms with Crippen LogP contribution in [0.1, 0.15) is 18.4 Å². The van der Waals surface area contributed by atoms with Crippen molar-refractivity contribution in [3.05, 3.63) is 23.8 Å². The lowest BCUT2D eigenvalue weighted by Crippen LogP contribution is -2.41. The van der Waals surface area contributed by atoms with E-state index in [9.17, 15) is 0 Å². The van der Waals surface area contributed by atoms with Gasteiger partial charge >= 0.3 is 0 Å². The van der Waals surface area contributed by atoms with Crippen molar-refractivity contribution in [1.29, 1.82) is 0 Å². The van der Waals surface area contributed by atoms with Gasteiger partial charge in [0, 0.05) is 12.6 Å². The molecule has 1 aliphatic rings. The summed E-state index contributed by atoms with van der Waals surface area (Å²) < 4.78 is 5.27. The summed E-state index contributed by atoms with van der Waals surface area (Å²) >= 11 is 0. The molecule has 0 spiro atoms. The number of anilines is 1. The normalized spacial score (nSPS) is 17.9. The van der Waals surface area contributed by atoms with Crippen molar-refractivity contribution < 1.29 is 4.74 Å². The van der Waals surface area contributed by atoms with Gasteiger partial charge in [-0.05, 0) is 57.7 Å². The molecule has 1 fully saturated rings. The van der Waals surface area contributed by atoms with Crippen molar-refractivity contribution in [2.45, 2.75) is 25.4 Å². The molecule has 0 atom stereocenters. The van der Waals surface area contributed by atoms with E-state index in [0.29, 0.717) is 5.69 Å². The maximum absolute atomic E-state index is 5.84. The van der Waals surface area contributed by atoms with Crippen molar-refractivity contribution in [1.82, 2.24) is 9.80 Å². The van der Waals surface area contributed by atoms with Crippen LogP contribution in [-0.2, 0) is 6.54 Å². The Bertz CT molecular complexity index is 412. The summed E-state index contributed by atoms with van der Waals surface area (Å²) in [6, 6.07) is 6.81. The monoisotopic (exact) mass is 263 g/mol. The second-order valence-electron chi connectivity index (χ2n) is 5.55. The van der Waals surface area contributed by atoms with E-state index < -0.39 is 0 Å². The fourth-order valence-electron chi connectivity index (χ4n) is 2.71. The summed E-state index contributed by atoms with van der Waals surface area (Å²) in [4.78, 5) is 4.84. The van der Waals surface area contributed by atoms with Gasteiger partial charge in [0.1, 0.15) is 5.75 Å². The third-order valence-corrected chi connectivity index (χ3v) is 3.99. The highest BCUT2D eigenvalue weighted by Gasteiger charge is 2.20. The molecule has 19 heavy (non-hydrogen) atoms. The molecule has 4 nitrogen and oxygen atoms in total. The molecule has 0 bridgehead atoms. The Labute approximate surface area is 116 Å². The average molecular weight is 263 g/mol. The van der Waals surface area contributed by atoms with Gasteiger partial charge in [-0.15, -0.1) is 0 Å². The fourth-order valence-corrected chi connectivity index (χ4v) is 2.71. The molecule has 0 saturated carbocycles. The van der Waals surface area contributed by atoms with Crippen LogP contribution in [0, 0.1) is 0 Å². The Hall–Kier alpha value is -1.26. The van der Waals surface area contributed by atoms with Crippen LogP contribution in [0.3, 0.4) is 0 Å². The molecule has 0 aromatic heterocycles. The number of likely N-dealkylation sites (tertiary alicyclic amines) is 1. The zero-order valence-corrected chi connectivity index (χ0v) is 12.2. The Morgan fingerprint density at radius 3 is 2.58 bits per heavy atom. The highest BCUT2D eigenvalue weighted by Crippen LogP contribution is 2.24. The molecule has 1 aromatic carbocycles. The first-order valence-corrected chi connectivity index (χ1v) is 6.91. The molecule has 0 aliphatic carbocycles. The lowest BCUT2D eigenvalue weighted by Gasteiger charge is -2.35. The molecule has 0 unspecified atom stereocenters. The molecule has 0 radical (unpaired) electrons. The third-order valence-electron chi connectivity index (χ3n) is 3.99. The van der Waals surface area contributed by atoms with Crippen molar-refractivity contribution in [2.24, 2.45) is 0 Å². The summed E-state index contributed by atoms with van der Waals surface area (Å²) in [7, 11) is 6.01. The van der Waals surface area contributed by atoms with Crippen LogP contribution in [0.25, 0.3) is 0 Å². The van der Waals surface area contributed by atoms with E-state index in [1.807, 2.05) is 12.1 Å². The van der Waals surface area contributed by atoms with Gasteiger partial charge in [-0.3, -0.25) is 4.90 Å². The highest BCUT2D eigenvalue weighted by molar-refractivity contribution is 5.53. The topological polar surface area (TPSA) is 41.7 Å².